The van der Waals surface area contributed by atoms with Gasteiger partial charge in [-0.05, 0) is 77.5 Å². The lowest BCUT2D eigenvalue weighted by molar-refractivity contribution is 0.0525. The van der Waals surface area contributed by atoms with Crippen LogP contribution in [0.3, 0.4) is 0 Å². The second-order valence-corrected chi connectivity index (χ2v) is 12.2. The highest BCUT2D eigenvalue weighted by Gasteiger charge is 2.41. The van der Waals surface area contributed by atoms with Crippen LogP contribution in [0.2, 0.25) is 0 Å². The van der Waals surface area contributed by atoms with Gasteiger partial charge in [-0.3, -0.25) is 13.9 Å². The number of hydrogen-bond acceptors (Lipinski definition) is 6. The summed E-state index contributed by atoms with van der Waals surface area (Å²) in [6.45, 7) is 7.45. The van der Waals surface area contributed by atoms with Crippen LogP contribution in [-0.2, 0) is 27.8 Å². The molecule has 0 radical (unpaired) electrons. The number of alkyl carbamates (subject to hydrolysis) is 1. The molecule has 0 unspecified atom stereocenters. The number of amides is 1. The zero-order chi connectivity index (χ0) is 24.9. The van der Waals surface area contributed by atoms with E-state index in [1.807, 2.05) is 6.92 Å². The molecule has 0 bridgehead atoms. The summed E-state index contributed by atoms with van der Waals surface area (Å²) in [7, 11) is -3.81. The van der Waals surface area contributed by atoms with Crippen LogP contribution in [0.4, 0.5) is 4.79 Å². The quantitative estimate of drug-likeness (QED) is 0.579. The highest BCUT2D eigenvalue weighted by atomic mass is 32.2. The second kappa shape index (κ2) is 8.53. The molecule has 2 aromatic rings. The molecule has 0 atom stereocenters. The number of aromatic nitrogens is 2. The minimum Gasteiger partial charge on any atom is -0.444 e. The first-order valence-electron chi connectivity index (χ1n) is 11.6. The number of rotatable bonds is 8. The van der Waals surface area contributed by atoms with E-state index in [-0.39, 0.29) is 23.4 Å². The van der Waals surface area contributed by atoms with Gasteiger partial charge in [-0.25, -0.2) is 22.7 Å². The van der Waals surface area contributed by atoms with Crippen molar-refractivity contribution in [3.05, 3.63) is 39.0 Å². The van der Waals surface area contributed by atoms with E-state index in [0.29, 0.717) is 18.0 Å². The average molecular weight is 493 g/mol. The number of benzene rings is 1. The first-order chi connectivity index (χ1) is 15.8. The van der Waals surface area contributed by atoms with Crippen molar-refractivity contribution in [3.63, 3.8) is 0 Å². The number of carbonyl (C=O) groups excluding carboxylic acids is 1. The molecule has 11 heteroatoms. The molecule has 0 spiro atoms. The molecule has 2 N–H and O–H groups in total. The van der Waals surface area contributed by atoms with Gasteiger partial charge in [0.25, 0.3) is 5.56 Å². The molecule has 1 aromatic heterocycles. The molecular weight excluding hydrogens is 460 g/mol. The third kappa shape index (κ3) is 5.52. The lowest BCUT2D eigenvalue weighted by atomic mass is 10.2. The molecule has 34 heavy (non-hydrogen) atoms. The van der Waals surface area contributed by atoms with Crippen molar-refractivity contribution in [3.8, 4) is 0 Å². The van der Waals surface area contributed by atoms with Crippen molar-refractivity contribution in [1.82, 2.24) is 19.2 Å². The summed E-state index contributed by atoms with van der Waals surface area (Å²) in [6.07, 6.45) is 2.88. The number of nitrogens with zero attached hydrogens (tertiary/aromatic N) is 2. The third-order valence-electron chi connectivity index (χ3n) is 6.03. The minimum atomic E-state index is -3.81. The number of ether oxygens (including phenoxy) is 1. The van der Waals surface area contributed by atoms with Gasteiger partial charge in [-0.15, -0.1) is 0 Å². The standard InChI is InChI=1S/C23H32N4O6S/c1-22(2,3)33-20(29)24-11-12-26-19(28)17-13-16(34(31,32)25-23(4)9-10-23)7-8-18(17)27(21(26)30)14-15-5-6-15/h7-8,13,15,25H,5-6,9-12,14H2,1-4H3,(H,24,29). The van der Waals surface area contributed by atoms with Gasteiger partial charge in [0.15, 0.2) is 0 Å². The third-order valence-corrected chi connectivity index (χ3v) is 7.66. The zero-order valence-corrected chi connectivity index (χ0v) is 20.8. The monoisotopic (exact) mass is 492 g/mol. The topological polar surface area (TPSA) is 129 Å². The SMILES string of the molecule is CC1(NS(=O)(=O)c2ccc3c(c2)c(=O)n(CCNC(=O)OC(C)(C)C)c(=O)n3CC2CC2)CC1. The summed E-state index contributed by atoms with van der Waals surface area (Å²) in [6, 6.07) is 4.31. The lowest BCUT2D eigenvalue weighted by Gasteiger charge is -2.20. The fourth-order valence-electron chi connectivity index (χ4n) is 3.76. The van der Waals surface area contributed by atoms with Gasteiger partial charge in [0, 0.05) is 25.2 Å². The first-order valence-corrected chi connectivity index (χ1v) is 13.0. The molecule has 2 aliphatic carbocycles. The number of hydrogen-bond donors (Lipinski definition) is 2. The van der Waals surface area contributed by atoms with Gasteiger partial charge in [0.05, 0.1) is 15.8 Å². The lowest BCUT2D eigenvalue weighted by Crippen LogP contribution is -2.43. The maximum absolute atomic E-state index is 13.3. The second-order valence-electron chi connectivity index (χ2n) is 10.6. The molecule has 1 aromatic carbocycles. The Kier molecular flexibility index (Phi) is 6.14. The van der Waals surface area contributed by atoms with E-state index in [0.717, 1.165) is 30.3 Å². The molecule has 2 fully saturated rings. The van der Waals surface area contributed by atoms with Crippen molar-refractivity contribution in [2.75, 3.05) is 6.54 Å². The van der Waals surface area contributed by atoms with Crippen LogP contribution < -0.4 is 21.3 Å². The van der Waals surface area contributed by atoms with Crippen LogP contribution in [0.25, 0.3) is 10.9 Å². The van der Waals surface area contributed by atoms with Gasteiger partial charge in [-0.1, -0.05) is 0 Å². The molecule has 4 rings (SSSR count). The Bertz CT molecular complexity index is 1340. The molecule has 2 saturated carbocycles. The van der Waals surface area contributed by atoms with Gasteiger partial charge >= 0.3 is 11.8 Å². The smallest absolute Gasteiger partial charge is 0.407 e. The van der Waals surface area contributed by atoms with Crippen molar-refractivity contribution in [2.24, 2.45) is 5.92 Å². The Morgan fingerprint density at radius 3 is 2.44 bits per heavy atom. The minimum absolute atomic E-state index is 0.0108. The fourth-order valence-corrected chi connectivity index (χ4v) is 5.25. The van der Waals surface area contributed by atoms with Gasteiger partial charge < -0.3 is 10.1 Å². The van der Waals surface area contributed by atoms with Crippen LogP contribution in [0.1, 0.15) is 53.4 Å². The molecular formula is C23H32N4O6S. The van der Waals surface area contributed by atoms with Crippen LogP contribution in [0, 0.1) is 5.92 Å². The fraction of sp³-hybridized carbons (Fsp3) is 0.609. The Morgan fingerprint density at radius 1 is 1.18 bits per heavy atom. The summed E-state index contributed by atoms with van der Waals surface area (Å²) in [5, 5.41) is 2.71. The Labute approximate surface area is 198 Å². The van der Waals surface area contributed by atoms with Crippen LogP contribution in [-0.4, -0.2) is 41.3 Å². The van der Waals surface area contributed by atoms with Gasteiger partial charge in [0.1, 0.15) is 5.60 Å². The predicted molar refractivity (Wildman–Crippen MR) is 127 cm³/mol. The summed E-state index contributed by atoms with van der Waals surface area (Å²) >= 11 is 0. The summed E-state index contributed by atoms with van der Waals surface area (Å²) in [5.74, 6) is 0.353. The Morgan fingerprint density at radius 2 is 1.85 bits per heavy atom. The maximum atomic E-state index is 13.3. The van der Waals surface area contributed by atoms with E-state index in [1.165, 1.54) is 22.8 Å². The summed E-state index contributed by atoms with van der Waals surface area (Å²) in [5.41, 5.74) is -1.78. The van der Waals surface area contributed by atoms with E-state index in [4.69, 9.17) is 4.74 Å². The van der Waals surface area contributed by atoms with Gasteiger partial charge in [0.2, 0.25) is 10.0 Å². The molecule has 10 nitrogen and oxygen atoms in total. The maximum Gasteiger partial charge on any atom is 0.407 e. The van der Waals surface area contributed by atoms with Crippen molar-refractivity contribution in [1.29, 1.82) is 0 Å². The van der Waals surface area contributed by atoms with Crippen molar-refractivity contribution in [2.45, 2.75) is 82.5 Å². The molecule has 2 aliphatic rings. The predicted octanol–water partition coefficient (Wildman–Crippen LogP) is 1.93. The first kappa shape index (κ1) is 24.5. The highest BCUT2D eigenvalue weighted by Crippen LogP contribution is 2.36. The normalized spacial score (nSPS) is 17.5. The van der Waals surface area contributed by atoms with E-state index < -0.39 is 38.5 Å². The van der Waals surface area contributed by atoms with E-state index in [9.17, 15) is 22.8 Å². The number of nitrogens with one attached hydrogen (secondary N) is 2. The molecule has 1 amide bonds. The van der Waals surface area contributed by atoms with Crippen LogP contribution >= 0.6 is 0 Å². The molecule has 0 saturated heterocycles. The van der Waals surface area contributed by atoms with E-state index in [1.54, 1.807) is 20.8 Å². The van der Waals surface area contributed by atoms with Gasteiger partial charge in [-0.2, -0.15) is 0 Å². The highest BCUT2D eigenvalue weighted by molar-refractivity contribution is 7.89. The number of carbonyl (C=O) groups is 1. The Balaban J connectivity index is 1.69. The largest absolute Gasteiger partial charge is 0.444 e. The van der Waals surface area contributed by atoms with Crippen molar-refractivity contribution >= 4 is 27.0 Å². The van der Waals surface area contributed by atoms with E-state index in [2.05, 4.69) is 10.0 Å². The number of sulfonamides is 1. The Hall–Kier alpha value is -2.66. The number of fused-ring (bicyclic) bond motifs is 1. The molecule has 186 valence electrons. The van der Waals surface area contributed by atoms with Crippen LogP contribution in [0.5, 0.6) is 0 Å². The average Bonchev–Trinajstić information content (AvgIpc) is 3.64. The van der Waals surface area contributed by atoms with Crippen molar-refractivity contribution < 1.29 is 17.9 Å². The zero-order valence-electron chi connectivity index (χ0n) is 20.0. The van der Waals surface area contributed by atoms with Crippen LogP contribution in [0.15, 0.2) is 32.7 Å². The molecule has 1 heterocycles. The summed E-state index contributed by atoms with van der Waals surface area (Å²) in [4.78, 5) is 38.4. The van der Waals surface area contributed by atoms with E-state index >= 15 is 0 Å². The summed E-state index contributed by atoms with van der Waals surface area (Å²) < 4.78 is 36.2. The molecule has 0 aliphatic heterocycles.